The summed E-state index contributed by atoms with van der Waals surface area (Å²) in [6.07, 6.45) is -4.45. The number of esters is 1. The van der Waals surface area contributed by atoms with E-state index in [2.05, 4.69) is 9.47 Å². The van der Waals surface area contributed by atoms with E-state index in [0.717, 1.165) is 19.2 Å². The first-order valence-corrected chi connectivity index (χ1v) is 9.13. The Balaban J connectivity index is 1.80. The fourth-order valence-electron chi connectivity index (χ4n) is 2.83. The lowest BCUT2D eigenvalue weighted by Crippen LogP contribution is -2.33. The van der Waals surface area contributed by atoms with Crippen molar-refractivity contribution in [2.45, 2.75) is 18.6 Å². The molecule has 1 fully saturated rings. The normalized spacial score (nSPS) is 15.8. The van der Waals surface area contributed by atoms with Gasteiger partial charge < -0.3 is 19.9 Å². The van der Waals surface area contributed by atoms with Crippen LogP contribution in [-0.4, -0.2) is 31.1 Å². The lowest BCUT2D eigenvalue weighted by atomic mass is 10.0. The van der Waals surface area contributed by atoms with Crippen LogP contribution in [0.4, 0.5) is 18.0 Å². The molecule has 168 valence electrons. The SMILES string of the molecule is COC(=O)C(N)Cc1ccc(Oc2ccc(/C=C3/OC(=O)NC3=O)cc2)c(C(F)(F)F)c1. The molecule has 1 saturated heterocycles. The molecule has 0 bridgehead atoms. The van der Waals surface area contributed by atoms with E-state index in [-0.39, 0.29) is 23.5 Å². The van der Waals surface area contributed by atoms with E-state index in [1.54, 1.807) is 0 Å². The third-order valence-corrected chi connectivity index (χ3v) is 4.36. The molecule has 8 nitrogen and oxygen atoms in total. The largest absolute Gasteiger partial charge is 0.468 e. The number of imide groups is 1. The number of alkyl carbamates (subject to hydrolysis) is 1. The molecule has 32 heavy (non-hydrogen) atoms. The number of nitrogens with one attached hydrogen (secondary N) is 1. The van der Waals surface area contributed by atoms with Crippen LogP contribution in [0.5, 0.6) is 11.5 Å². The molecule has 1 aliphatic rings. The smallest absolute Gasteiger partial charge is 0.419 e. The van der Waals surface area contributed by atoms with Gasteiger partial charge in [-0.2, -0.15) is 13.2 Å². The molecule has 1 atom stereocenters. The molecule has 3 rings (SSSR count). The minimum absolute atomic E-state index is 0.101. The molecule has 0 saturated carbocycles. The Morgan fingerprint density at radius 1 is 1.19 bits per heavy atom. The summed E-state index contributed by atoms with van der Waals surface area (Å²) in [4.78, 5) is 33.9. The summed E-state index contributed by atoms with van der Waals surface area (Å²) in [5.74, 6) is -1.98. The van der Waals surface area contributed by atoms with Crippen LogP contribution in [0.2, 0.25) is 0 Å². The molecule has 1 aliphatic heterocycles. The number of nitrogens with two attached hydrogens (primary N) is 1. The molecule has 3 N–H and O–H groups in total. The molecular weight excluding hydrogens is 433 g/mol. The Kier molecular flexibility index (Phi) is 6.49. The number of hydrogen-bond donors (Lipinski definition) is 2. The summed E-state index contributed by atoms with van der Waals surface area (Å²) in [6.45, 7) is 0. The number of hydrogen-bond acceptors (Lipinski definition) is 7. The van der Waals surface area contributed by atoms with E-state index < -0.39 is 41.5 Å². The minimum atomic E-state index is -4.72. The molecule has 0 aromatic heterocycles. The molecular formula is C21H17F3N2O6. The van der Waals surface area contributed by atoms with Gasteiger partial charge >= 0.3 is 18.2 Å². The number of halogens is 3. The maximum Gasteiger partial charge on any atom is 0.419 e. The summed E-state index contributed by atoms with van der Waals surface area (Å²) in [5.41, 5.74) is 5.24. The van der Waals surface area contributed by atoms with Gasteiger partial charge in [-0.1, -0.05) is 18.2 Å². The van der Waals surface area contributed by atoms with Gasteiger partial charge in [0.2, 0.25) is 0 Å². The third kappa shape index (κ3) is 5.43. The van der Waals surface area contributed by atoms with Crippen LogP contribution in [0.15, 0.2) is 48.2 Å². The highest BCUT2D eigenvalue weighted by atomic mass is 19.4. The van der Waals surface area contributed by atoms with Crippen molar-refractivity contribution in [3.05, 3.63) is 64.9 Å². The predicted molar refractivity (Wildman–Crippen MR) is 104 cm³/mol. The number of methoxy groups -OCH3 is 1. The van der Waals surface area contributed by atoms with Crippen molar-refractivity contribution in [3.8, 4) is 11.5 Å². The Morgan fingerprint density at radius 2 is 1.88 bits per heavy atom. The number of ether oxygens (including phenoxy) is 3. The molecule has 1 heterocycles. The molecule has 11 heteroatoms. The number of benzene rings is 2. The second-order valence-corrected chi connectivity index (χ2v) is 6.69. The van der Waals surface area contributed by atoms with Gasteiger partial charge in [0.25, 0.3) is 5.91 Å². The van der Waals surface area contributed by atoms with Crippen LogP contribution in [0.3, 0.4) is 0 Å². The first-order valence-electron chi connectivity index (χ1n) is 9.13. The zero-order valence-corrected chi connectivity index (χ0v) is 16.6. The molecule has 0 radical (unpaired) electrons. The van der Waals surface area contributed by atoms with Crippen LogP contribution in [0.25, 0.3) is 6.08 Å². The van der Waals surface area contributed by atoms with Gasteiger partial charge in [-0.15, -0.1) is 0 Å². The molecule has 0 aliphatic carbocycles. The molecule has 2 aromatic carbocycles. The van der Waals surface area contributed by atoms with Gasteiger partial charge in [-0.05, 0) is 47.9 Å². The van der Waals surface area contributed by atoms with Crippen LogP contribution in [0.1, 0.15) is 16.7 Å². The molecule has 1 unspecified atom stereocenters. The maximum absolute atomic E-state index is 13.6. The van der Waals surface area contributed by atoms with E-state index in [0.29, 0.717) is 5.56 Å². The van der Waals surface area contributed by atoms with Gasteiger partial charge in [0.1, 0.15) is 17.5 Å². The van der Waals surface area contributed by atoms with Crippen molar-refractivity contribution in [1.29, 1.82) is 0 Å². The zero-order valence-electron chi connectivity index (χ0n) is 16.6. The van der Waals surface area contributed by atoms with Crippen molar-refractivity contribution in [1.82, 2.24) is 5.32 Å². The third-order valence-electron chi connectivity index (χ3n) is 4.36. The zero-order chi connectivity index (χ0) is 23.5. The number of amides is 2. The highest BCUT2D eigenvalue weighted by molar-refractivity contribution is 6.09. The predicted octanol–water partition coefficient (Wildman–Crippen LogP) is 3.15. The fourth-order valence-corrected chi connectivity index (χ4v) is 2.83. The highest BCUT2D eigenvalue weighted by Gasteiger charge is 2.35. The van der Waals surface area contributed by atoms with E-state index in [1.165, 1.54) is 36.4 Å². The molecule has 2 aromatic rings. The number of cyclic esters (lactones) is 1. The van der Waals surface area contributed by atoms with Crippen molar-refractivity contribution >= 4 is 24.0 Å². The van der Waals surface area contributed by atoms with Crippen molar-refractivity contribution < 1.29 is 41.8 Å². The average Bonchev–Trinajstić information content (AvgIpc) is 3.05. The van der Waals surface area contributed by atoms with Gasteiger partial charge in [0.15, 0.2) is 5.76 Å². The van der Waals surface area contributed by atoms with Crippen molar-refractivity contribution in [2.24, 2.45) is 5.73 Å². The standard InChI is InChI=1S/C21H17F3N2O6/c1-30-19(28)15(25)9-12-4-7-16(14(8-12)21(22,23)24)31-13-5-2-11(3-6-13)10-17-18(27)26-20(29)32-17/h2-8,10,15H,9,25H2,1H3,(H,26,27,29)/b17-10+. The first-order chi connectivity index (χ1) is 15.1. The van der Waals surface area contributed by atoms with Crippen molar-refractivity contribution in [3.63, 3.8) is 0 Å². The Hall–Kier alpha value is -3.86. The average molecular weight is 450 g/mol. The number of alkyl halides is 3. The quantitative estimate of drug-likeness (QED) is 0.513. The van der Waals surface area contributed by atoms with Gasteiger partial charge in [0, 0.05) is 0 Å². The Labute approximate surface area is 179 Å². The van der Waals surface area contributed by atoms with Gasteiger partial charge in [0.05, 0.1) is 12.7 Å². The summed E-state index contributed by atoms with van der Waals surface area (Å²) in [6, 6.07) is 8.00. The monoisotopic (exact) mass is 450 g/mol. The number of carbonyl (C=O) groups excluding carboxylic acids is 3. The fraction of sp³-hybridized carbons (Fsp3) is 0.190. The lowest BCUT2D eigenvalue weighted by Gasteiger charge is -2.16. The van der Waals surface area contributed by atoms with E-state index in [4.69, 9.17) is 10.5 Å². The lowest BCUT2D eigenvalue weighted by molar-refractivity contribution is -0.142. The van der Waals surface area contributed by atoms with Crippen LogP contribution >= 0.6 is 0 Å². The summed E-state index contributed by atoms with van der Waals surface area (Å²) >= 11 is 0. The minimum Gasteiger partial charge on any atom is -0.468 e. The topological polar surface area (TPSA) is 117 Å². The number of rotatable bonds is 6. The molecule has 2 amide bonds. The van der Waals surface area contributed by atoms with Crippen LogP contribution in [0, 0.1) is 0 Å². The van der Waals surface area contributed by atoms with E-state index in [1.807, 2.05) is 5.32 Å². The van der Waals surface area contributed by atoms with Crippen molar-refractivity contribution in [2.75, 3.05) is 7.11 Å². The molecule has 0 spiro atoms. The summed E-state index contributed by atoms with van der Waals surface area (Å²) in [7, 11) is 1.14. The summed E-state index contributed by atoms with van der Waals surface area (Å²) in [5, 5.41) is 1.94. The number of carbonyl (C=O) groups is 3. The van der Waals surface area contributed by atoms with E-state index in [9.17, 15) is 27.6 Å². The van der Waals surface area contributed by atoms with Crippen LogP contribution < -0.4 is 15.8 Å². The first kappa shape index (κ1) is 22.8. The highest BCUT2D eigenvalue weighted by Crippen LogP contribution is 2.39. The second-order valence-electron chi connectivity index (χ2n) is 6.69. The Morgan fingerprint density at radius 3 is 2.44 bits per heavy atom. The second kappa shape index (κ2) is 9.10. The van der Waals surface area contributed by atoms with Crippen LogP contribution in [-0.2, 0) is 31.7 Å². The van der Waals surface area contributed by atoms with Gasteiger partial charge in [-0.25, -0.2) is 4.79 Å². The summed E-state index contributed by atoms with van der Waals surface area (Å²) < 4.78 is 55.3. The van der Waals surface area contributed by atoms with Gasteiger partial charge in [-0.3, -0.25) is 14.9 Å². The Bertz CT molecular complexity index is 1080. The maximum atomic E-state index is 13.6. The van der Waals surface area contributed by atoms with E-state index >= 15 is 0 Å².